The number of hydrogen-bond donors (Lipinski definition) is 0. The van der Waals surface area contributed by atoms with Crippen LogP contribution >= 0.6 is 0 Å². The Hall–Kier alpha value is -1.52. The number of ether oxygens (including phenoxy) is 2. The molecule has 23 heavy (non-hydrogen) atoms. The summed E-state index contributed by atoms with van der Waals surface area (Å²) < 4.78 is 13.3. The van der Waals surface area contributed by atoms with E-state index in [9.17, 15) is 0 Å². The van der Waals surface area contributed by atoms with Crippen LogP contribution in [-0.2, 0) is 17.7 Å². The molecule has 0 N–H and O–H groups in total. The van der Waals surface area contributed by atoms with Crippen molar-refractivity contribution < 1.29 is 9.47 Å². The van der Waals surface area contributed by atoms with Crippen LogP contribution in [0.2, 0.25) is 0 Å². The highest BCUT2D eigenvalue weighted by atomic mass is 16.5. The van der Waals surface area contributed by atoms with Crippen molar-refractivity contribution >= 4 is 10.9 Å². The first-order valence-corrected chi connectivity index (χ1v) is 8.70. The Kier molecular flexibility index (Phi) is 5.23. The molecule has 4 heteroatoms. The summed E-state index contributed by atoms with van der Waals surface area (Å²) in [7, 11) is 1.74. The van der Waals surface area contributed by atoms with Crippen molar-refractivity contribution in [3.63, 3.8) is 0 Å². The molecule has 1 aromatic carbocycles. The zero-order valence-electron chi connectivity index (χ0n) is 14.6. The van der Waals surface area contributed by atoms with Crippen LogP contribution in [0.25, 0.3) is 10.9 Å². The molecule has 1 aromatic heterocycles. The number of morpholine rings is 1. The summed E-state index contributed by atoms with van der Waals surface area (Å²) in [6, 6.07) is 6.44. The first kappa shape index (κ1) is 16.3. The summed E-state index contributed by atoms with van der Waals surface area (Å²) in [5.74, 6) is 0.945. The van der Waals surface area contributed by atoms with Gasteiger partial charge in [0, 0.05) is 36.2 Å². The number of hydrogen-bond acceptors (Lipinski definition) is 3. The van der Waals surface area contributed by atoms with Gasteiger partial charge in [0.25, 0.3) is 0 Å². The molecule has 1 fully saturated rings. The SMILES string of the molecule is CCn1c(C)c(CCCN2CCOCC2)c2cc(OC)ccc21. The van der Waals surface area contributed by atoms with Crippen LogP contribution in [0.4, 0.5) is 0 Å². The van der Waals surface area contributed by atoms with Crippen molar-refractivity contribution in [1.29, 1.82) is 0 Å². The van der Waals surface area contributed by atoms with Crippen LogP contribution in [0.5, 0.6) is 5.75 Å². The molecular formula is C19H28N2O2. The third kappa shape index (κ3) is 3.38. The Morgan fingerprint density at radius 1 is 1.22 bits per heavy atom. The molecule has 0 amide bonds. The van der Waals surface area contributed by atoms with E-state index < -0.39 is 0 Å². The lowest BCUT2D eigenvalue weighted by molar-refractivity contribution is 0.0375. The van der Waals surface area contributed by atoms with Gasteiger partial charge in [-0.3, -0.25) is 4.90 Å². The van der Waals surface area contributed by atoms with Crippen LogP contribution in [0, 0.1) is 6.92 Å². The summed E-state index contributed by atoms with van der Waals surface area (Å²) >= 11 is 0. The van der Waals surface area contributed by atoms with E-state index in [1.165, 1.54) is 28.6 Å². The molecule has 4 nitrogen and oxygen atoms in total. The average Bonchev–Trinajstić information content (AvgIpc) is 2.86. The number of rotatable bonds is 6. The lowest BCUT2D eigenvalue weighted by atomic mass is 10.1. The maximum absolute atomic E-state index is 5.43. The van der Waals surface area contributed by atoms with Crippen LogP contribution in [0.1, 0.15) is 24.6 Å². The summed E-state index contributed by atoms with van der Waals surface area (Å²) in [6.07, 6.45) is 2.32. The Morgan fingerprint density at radius 3 is 2.70 bits per heavy atom. The minimum Gasteiger partial charge on any atom is -0.497 e. The van der Waals surface area contributed by atoms with E-state index in [1.54, 1.807) is 7.11 Å². The highest BCUT2D eigenvalue weighted by Gasteiger charge is 2.15. The van der Waals surface area contributed by atoms with Crippen molar-refractivity contribution in [2.45, 2.75) is 33.2 Å². The zero-order chi connectivity index (χ0) is 16.2. The van der Waals surface area contributed by atoms with E-state index in [-0.39, 0.29) is 0 Å². The van der Waals surface area contributed by atoms with Gasteiger partial charge >= 0.3 is 0 Å². The van der Waals surface area contributed by atoms with Gasteiger partial charge in [-0.25, -0.2) is 0 Å². The lowest BCUT2D eigenvalue weighted by Gasteiger charge is -2.26. The molecule has 1 saturated heterocycles. The topological polar surface area (TPSA) is 26.6 Å². The maximum atomic E-state index is 5.43. The molecule has 2 aromatic rings. The quantitative estimate of drug-likeness (QED) is 0.818. The van der Waals surface area contributed by atoms with Gasteiger partial charge in [-0.2, -0.15) is 0 Å². The minimum absolute atomic E-state index is 0.880. The summed E-state index contributed by atoms with van der Waals surface area (Å²) in [5.41, 5.74) is 4.21. The van der Waals surface area contributed by atoms with Crippen LogP contribution in [0.15, 0.2) is 18.2 Å². The van der Waals surface area contributed by atoms with E-state index in [0.717, 1.165) is 51.6 Å². The fourth-order valence-electron chi connectivity index (χ4n) is 3.68. The van der Waals surface area contributed by atoms with E-state index in [2.05, 4.69) is 41.5 Å². The van der Waals surface area contributed by atoms with Gasteiger partial charge < -0.3 is 14.0 Å². The van der Waals surface area contributed by atoms with Crippen molar-refractivity contribution in [3.05, 3.63) is 29.5 Å². The third-order valence-corrected chi connectivity index (χ3v) is 4.98. The van der Waals surface area contributed by atoms with Gasteiger partial charge in [-0.05, 0) is 57.0 Å². The van der Waals surface area contributed by atoms with Crippen LogP contribution < -0.4 is 4.74 Å². The largest absolute Gasteiger partial charge is 0.497 e. The number of fused-ring (bicyclic) bond motifs is 1. The van der Waals surface area contributed by atoms with E-state index in [1.807, 2.05) is 0 Å². The lowest BCUT2D eigenvalue weighted by Crippen LogP contribution is -2.36. The monoisotopic (exact) mass is 316 g/mol. The number of nitrogens with zero attached hydrogens (tertiary/aromatic N) is 2. The maximum Gasteiger partial charge on any atom is 0.119 e. The fraction of sp³-hybridized carbons (Fsp3) is 0.579. The second-order valence-electron chi connectivity index (χ2n) is 6.25. The summed E-state index contributed by atoms with van der Waals surface area (Å²) in [4.78, 5) is 2.51. The third-order valence-electron chi connectivity index (χ3n) is 4.98. The highest BCUT2D eigenvalue weighted by molar-refractivity contribution is 5.87. The van der Waals surface area contributed by atoms with Crippen molar-refractivity contribution in [2.75, 3.05) is 40.0 Å². The molecular weight excluding hydrogens is 288 g/mol. The molecule has 1 aliphatic heterocycles. The standard InChI is InChI=1S/C19H28N2O2/c1-4-21-15(2)17(6-5-9-20-10-12-23-13-11-20)18-14-16(22-3)7-8-19(18)21/h7-8,14H,4-6,9-13H2,1-3H3. The van der Waals surface area contributed by atoms with E-state index >= 15 is 0 Å². The van der Waals surface area contributed by atoms with Gasteiger partial charge in [0.1, 0.15) is 5.75 Å². The summed E-state index contributed by atoms with van der Waals surface area (Å²) in [5, 5.41) is 1.35. The highest BCUT2D eigenvalue weighted by Crippen LogP contribution is 2.30. The fourth-order valence-corrected chi connectivity index (χ4v) is 3.68. The normalized spacial score (nSPS) is 16.1. The number of methoxy groups -OCH3 is 1. The second-order valence-corrected chi connectivity index (χ2v) is 6.25. The number of aryl methyl sites for hydroxylation is 2. The second kappa shape index (κ2) is 7.37. The number of aromatic nitrogens is 1. The van der Waals surface area contributed by atoms with Gasteiger partial charge in [0.15, 0.2) is 0 Å². The molecule has 0 unspecified atom stereocenters. The molecule has 1 aliphatic rings. The predicted molar refractivity (Wildman–Crippen MR) is 94.5 cm³/mol. The van der Waals surface area contributed by atoms with Crippen LogP contribution in [-0.4, -0.2) is 49.4 Å². The van der Waals surface area contributed by atoms with Gasteiger partial charge in [0.05, 0.1) is 20.3 Å². The summed E-state index contributed by atoms with van der Waals surface area (Å²) in [6.45, 7) is 10.5. The molecule has 3 rings (SSSR count). The molecule has 0 aliphatic carbocycles. The number of benzene rings is 1. The van der Waals surface area contributed by atoms with Crippen molar-refractivity contribution in [3.8, 4) is 5.75 Å². The van der Waals surface area contributed by atoms with Crippen molar-refractivity contribution in [2.24, 2.45) is 0 Å². The molecule has 0 spiro atoms. The first-order valence-electron chi connectivity index (χ1n) is 8.70. The zero-order valence-corrected chi connectivity index (χ0v) is 14.6. The Balaban J connectivity index is 1.79. The molecule has 0 saturated carbocycles. The minimum atomic E-state index is 0.880. The average molecular weight is 316 g/mol. The van der Waals surface area contributed by atoms with E-state index in [0.29, 0.717) is 0 Å². The molecule has 0 bridgehead atoms. The first-order chi connectivity index (χ1) is 11.2. The predicted octanol–water partition coefficient (Wildman–Crippen LogP) is 3.24. The Bertz CT molecular complexity index is 657. The Labute approximate surface area is 139 Å². The molecule has 0 radical (unpaired) electrons. The van der Waals surface area contributed by atoms with Gasteiger partial charge in [-0.15, -0.1) is 0 Å². The van der Waals surface area contributed by atoms with Gasteiger partial charge in [0.2, 0.25) is 0 Å². The van der Waals surface area contributed by atoms with Crippen molar-refractivity contribution in [1.82, 2.24) is 9.47 Å². The Morgan fingerprint density at radius 2 is 2.00 bits per heavy atom. The van der Waals surface area contributed by atoms with Gasteiger partial charge in [-0.1, -0.05) is 0 Å². The molecule has 0 atom stereocenters. The smallest absolute Gasteiger partial charge is 0.119 e. The molecule has 2 heterocycles. The van der Waals surface area contributed by atoms with E-state index in [4.69, 9.17) is 9.47 Å². The molecule has 126 valence electrons. The van der Waals surface area contributed by atoms with Crippen LogP contribution in [0.3, 0.4) is 0 Å².